The predicted octanol–water partition coefficient (Wildman–Crippen LogP) is 3.62. The molecule has 2 aromatic carbocycles. The van der Waals surface area contributed by atoms with Crippen LogP contribution in [0.3, 0.4) is 0 Å². The van der Waals surface area contributed by atoms with Crippen molar-refractivity contribution in [2.75, 3.05) is 4.72 Å². The summed E-state index contributed by atoms with van der Waals surface area (Å²) in [6.45, 7) is 3.50. The lowest BCUT2D eigenvalue weighted by molar-refractivity contribution is 0.0698. The Morgan fingerprint density at radius 3 is 2.35 bits per heavy atom. The molecule has 0 aromatic heterocycles. The highest BCUT2D eigenvalue weighted by Crippen LogP contribution is 2.30. The number of hydrogen-bond donors (Lipinski definition) is 2. The van der Waals surface area contributed by atoms with Gasteiger partial charge in [-0.1, -0.05) is 30.3 Å². The molecule has 2 N–H and O–H groups in total. The Morgan fingerprint density at radius 2 is 1.83 bits per heavy atom. The smallest absolute Gasteiger partial charge is 0.339 e. The summed E-state index contributed by atoms with van der Waals surface area (Å²) in [5.74, 6) is -1.98. The van der Waals surface area contributed by atoms with Crippen molar-refractivity contribution >= 4 is 39.4 Å². The Morgan fingerprint density at radius 1 is 1.22 bits per heavy atom. The van der Waals surface area contributed by atoms with Gasteiger partial charge in [0.05, 0.1) is 15.6 Å². The predicted molar refractivity (Wildman–Crippen MR) is 85.7 cm³/mol. The van der Waals surface area contributed by atoms with Crippen LogP contribution in [0.15, 0.2) is 47.9 Å². The van der Waals surface area contributed by atoms with Crippen LogP contribution in [-0.2, 0) is 10.0 Å². The fourth-order valence-corrected chi connectivity index (χ4v) is 3.26. The summed E-state index contributed by atoms with van der Waals surface area (Å²) in [5, 5.41) is 9.13. The van der Waals surface area contributed by atoms with E-state index < -0.39 is 27.4 Å². The van der Waals surface area contributed by atoms with E-state index in [4.69, 9.17) is 11.6 Å². The molecule has 0 amide bonds. The summed E-state index contributed by atoms with van der Waals surface area (Å²) in [7, 11) is -4.09. The summed E-state index contributed by atoms with van der Waals surface area (Å²) in [6, 6.07) is 6.81. The third kappa shape index (κ3) is 3.52. The molecule has 120 valence electrons. The van der Waals surface area contributed by atoms with Gasteiger partial charge in [0.1, 0.15) is 11.4 Å². The molecule has 0 heterocycles. The van der Waals surface area contributed by atoms with Gasteiger partial charge in [-0.05, 0) is 35.9 Å². The van der Waals surface area contributed by atoms with Gasteiger partial charge in [0.15, 0.2) is 0 Å². The minimum Gasteiger partial charge on any atom is -0.478 e. The number of benzene rings is 2. The molecule has 23 heavy (non-hydrogen) atoms. The van der Waals surface area contributed by atoms with E-state index in [1.54, 1.807) is 0 Å². The van der Waals surface area contributed by atoms with Crippen LogP contribution < -0.4 is 4.72 Å². The number of nitrogens with one attached hydrogen (secondary N) is 1. The van der Waals surface area contributed by atoms with Crippen molar-refractivity contribution in [2.24, 2.45) is 0 Å². The van der Waals surface area contributed by atoms with Gasteiger partial charge in [0.25, 0.3) is 10.0 Å². The van der Waals surface area contributed by atoms with Crippen molar-refractivity contribution in [1.29, 1.82) is 0 Å². The number of carboxylic acids is 1. The average Bonchev–Trinajstić information content (AvgIpc) is 2.47. The van der Waals surface area contributed by atoms with Gasteiger partial charge in [-0.2, -0.15) is 0 Å². The van der Waals surface area contributed by atoms with Crippen LogP contribution in [0.5, 0.6) is 0 Å². The Bertz CT molecular complexity index is 879. The standard InChI is InChI=1S/C15H11ClFNO4S/c1-2-9-3-8-12(13(14(9)16)15(19)20)18-23(21,22)11-6-4-10(17)5-7-11/h2-8,18H,1H2,(H,19,20). The highest BCUT2D eigenvalue weighted by Gasteiger charge is 2.22. The van der Waals surface area contributed by atoms with Gasteiger partial charge in [-0.15, -0.1) is 0 Å². The van der Waals surface area contributed by atoms with Gasteiger partial charge in [0, 0.05) is 0 Å². The Hall–Kier alpha value is -2.38. The zero-order valence-corrected chi connectivity index (χ0v) is 13.2. The van der Waals surface area contributed by atoms with Crippen molar-refractivity contribution < 1.29 is 22.7 Å². The largest absolute Gasteiger partial charge is 0.478 e. The molecule has 8 heteroatoms. The number of carboxylic acid groups (broad SMARTS) is 1. The fraction of sp³-hybridized carbons (Fsp3) is 0. The van der Waals surface area contributed by atoms with Crippen molar-refractivity contribution in [1.82, 2.24) is 0 Å². The lowest BCUT2D eigenvalue weighted by Crippen LogP contribution is -2.16. The van der Waals surface area contributed by atoms with Crippen molar-refractivity contribution in [3.8, 4) is 0 Å². The number of hydrogen-bond acceptors (Lipinski definition) is 3. The molecule has 0 aliphatic heterocycles. The molecule has 5 nitrogen and oxygen atoms in total. The first-order valence-electron chi connectivity index (χ1n) is 6.23. The van der Waals surface area contributed by atoms with E-state index in [2.05, 4.69) is 11.3 Å². The average molecular weight is 356 g/mol. The minimum absolute atomic E-state index is 0.133. The quantitative estimate of drug-likeness (QED) is 0.858. The molecule has 0 radical (unpaired) electrons. The number of halogens is 2. The summed E-state index contributed by atoms with van der Waals surface area (Å²) in [5.41, 5.74) is -0.235. The van der Waals surface area contributed by atoms with Crippen molar-refractivity contribution in [2.45, 2.75) is 4.90 Å². The number of rotatable bonds is 5. The zero-order valence-electron chi connectivity index (χ0n) is 11.6. The monoisotopic (exact) mass is 355 g/mol. The van der Waals surface area contributed by atoms with Gasteiger partial charge >= 0.3 is 5.97 Å². The van der Waals surface area contributed by atoms with Crippen LogP contribution in [0.2, 0.25) is 5.02 Å². The molecule has 0 atom stereocenters. The first-order valence-corrected chi connectivity index (χ1v) is 8.09. The molecular weight excluding hydrogens is 345 g/mol. The molecular formula is C15H11ClFNO4S. The van der Waals surface area contributed by atoms with Gasteiger partial charge in [-0.3, -0.25) is 4.72 Å². The van der Waals surface area contributed by atoms with E-state index in [0.29, 0.717) is 5.56 Å². The summed E-state index contributed by atoms with van der Waals surface area (Å²) >= 11 is 5.97. The first kappa shape index (κ1) is 17.0. The van der Waals surface area contributed by atoms with Crippen LogP contribution in [0.4, 0.5) is 10.1 Å². The maximum Gasteiger partial charge on any atom is 0.339 e. The summed E-state index contributed by atoms with van der Waals surface area (Å²) in [6.07, 6.45) is 1.35. The van der Waals surface area contributed by atoms with Crippen LogP contribution >= 0.6 is 11.6 Å². The van der Waals surface area contributed by atoms with Crippen LogP contribution in [0.25, 0.3) is 6.08 Å². The summed E-state index contributed by atoms with van der Waals surface area (Å²) < 4.78 is 39.6. The molecule has 0 saturated heterocycles. The Kier molecular flexibility index (Phi) is 4.72. The second-order valence-electron chi connectivity index (χ2n) is 4.46. The SMILES string of the molecule is C=Cc1ccc(NS(=O)(=O)c2ccc(F)cc2)c(C(=O)O)c1Cl. The third-order valence-corrected chi connectivity index (χ3v) is 4.76. The topological polar surface area (TPSA) is 83.5 Å². The fourth-order valence-electron chi connectivity index (χ4n) is 1.86. The lowest BCUT2D eigenvalue weighted by Gasteiger charge is -2.13. The van der Waals surface area contributed by atoms with Gasteiger partial charge in [-0.25, -0.2) is 17.6 Å². The van der Waals surface area contributed by atoms with Crippen molar-refractivity contribution in [3.63, 3.8) is 0 Å². The van der Waals surface area contributed by atoms with Crippen LogP contribution in [0.1, 0.15) is 15.9 Å². The molecule has 0 saturated carbocycles. The summed E-state index contributed by atoms with van der Waals surface area (Å²) in [4.78, 5) is 11.2. The normalized spacial score (nSPS) is 11.0. The van der Waals surface area contributed by atoms with E-state index in [0.717, 1.165) is 24.3 Å². The zero-order chi connectivity index (χ0) is 17.2. The molecule has 0 bridgehead atoms. The molecule has 0 aliphatic rings. The Labute approximate surface area is 137 Å². The first-order chi connectivity index (χ1) is 10.8. The van der Waals surface area contributed by atoms with E-state index >= 15 is 0 Å². The van der Waals surface area contributed by atoms with Crippen LogP contribution in [0, 0.1) is 5.82 Å². The minimum atomic E-state index is -4.09. The highest BCUT2D eigenvalue weighted by atomic mass is 35.5. The third-order valence-electron chi connectivity index (χ3n) is 2.97. The van der Waals surface area contributed by atoms with E-state index in [1.165, 1.54) is 18.2 Å². The lowest BCUT2D eigenvalue weighted by atomic mass is 10.1. The number of sulfonamides is 1. The Balaban J connectivity index is 2.51. The molecule has 0 aliphatic carbocycles. The van der Waals surface area contributed by atoms with Crippen LogP contribution in [-0.4, -0.2) is 19.5 Å². The molecule has 2 rings (SSSR count). The van der Waals surface area contributed by atoms with E-state index in [-0.39, 0.29) is 15.6 Å². The molecule has 0 spiro atoms. The molecule has 0 unspecified atom stereocenters. The maximum atomic E-state index is 12.9. The highest BCUT2D eigenvalue weighted by molar-refractivity contribution is 7.92. The molecule has 2 aromatic rings. The maximum absolute atomic E-state index is 12.9. The number of aromatic carboxylic acids is 1. The second kappa shape index (κ2) is 6.39. The molecule has 0 fully saturated rings. The van der Waals surface area contributed by atoms with E-state index in [1.807, 2.05) is 0 Å². The van der Waals surface area contributed by atoms with Gasteiger partial charge in [0.2, 0.25) is 0 Å². The second-order valence-corrected chi connectivity index (χ2v) is 6.52. The van der Waals surface area contributed by atoms with Crippen molar-refractivity contribution in [3.05, 3.63) is 64.9 Å². The number of anilines is 1. The van der Waals surface area contributed by atoms with E-state index in [9.17, 15) is 22.7 Å². The van der Waals surface area contributed by atoms with Gasteiger partial charge < -0.3 is 5.11 Å². The number of carbonyl (C=O) groups is 1.